The molecule has 0 bridgehead atoms. The number of carbonyl (C=O) groups is 1. The van der Waals surface area contributed by atoms with Gasteiger partial charge < -0.3 is 0 Å². The summed E-state index contributed by atoms with van der Waals surface area (Å²) >= 11 is 0. The van der Waals surface area contributed by atoms with Crippen molar-refractivity contribution in [2.75, 3.05) is 6.61 Å². The highest BCUT2D eigenvalue weighted by Crippen LogP contribution is 2.15. The van der Waals surface area contributed by atoms with Crippen LogP contribution in [0.25, 0.3) is 0 Å². The third-order valence-corrected chi connectivity index (χ3v) is 4.03. The smallest absolute Gasteiger partial charge is 0.293 e. The van der Waals surface area contributed by atoms with Crippen LogP contribution in [0.3, 0.4) is 0 Å². The molecule has 130 valence electrons. The van der Waals surface area contributed by atoms with Crippen molar-refractivity contribution < 1.29 is 14.6 Å². The van der Waals surface area contributed by atoms with Crippen LogP contribution in [0.4, 0.5) is 0 Å². The zero-order chi connectivity index (χ0) is 16.9. The van der Waals surface area contributed by atoms with Gasteiger partial charge in [-0.2, -0.15) is 4.89 Å². The van der Waals surface area contributed by atoms with Gasteiger partial charge in [-0.1, -0.05) is 77.8 Å². The van der Waals surface area contributed by atoms with E-state index in [1.165, 1.54) is 44.1 Å². The van der Waals surface area contributed by atoms with Gasteiger partial charge in [0.15, 0.2) is 0 Å². The van der Waals surface area contributed by atoms with E-state index in [2.05, 4.69) is 20.8 Å². The molecular formula is C20H32O3. The average molecular weight is 320 g/mol. The Morgan fingerprint density at radius 3 is 2.04 bits per heavy atom. The Morgan fingerprint density at radius 2 is 1.48 bits per heavy atom. The van der Waals surface area contributed by atoms with Crippen molar-refractivity contribution in [1.82, 2.24) is 0 Å². The summed E-state index contributed by atoms with van der Waals surface area (Å²) in [4.78, 5) is 21.7. The van der Waals surface area contributed by atoms with Crippen LogP contribution >= 0.6 is 0 Å². The second-order valence-corrected chi connectivity index (χ2v) is 6.44. The highest BCUT2D eigenvalue weighted by Gasteiger charge is 2.08. The first-order chi connectivity index (χ1) is 11.1. The fourth-order valence-electron chi connectivity index (χ4n) is 2.44. The maximum absolute atomic E-state index is 11.8. The Hall–Kier alpha value is -1.35. The second kappa shape index (κ2) is 12.1. The molecule has 0 saturated carbocycles. The van der Waals surface area contributed by atoms with E-state index in [1.807, 2.05) is 12.1 Å². The van der Waals surface area contributed by atoms with Crippen LogP contribution in [0.1, 0.15) is 94.0 Å². The van der Waals surface area contributed by atoms with Crippen LogP contribution in [-0.2, 0) is 9.78 Å². The van der Waals surface area contributed by atoms with Gasteiger partial charge >= 0.3 is 5.97 Å². The van der Waals surface area contributed by atoms with Crippen molar-refractivity contribution in [3.8, 4) is 0 Å². The van der Waals surface area contributed by atoms with Crippen LogP contribution in [0, 0.1) is 0 Å². The normalized spacial score (nSPS) is 11.0. The lowest BCUT2D eigenvalue weighted by Gasteiger charge is -2.07. The highest BCUT2D eigenvalue weighted by molar-refractivity contribution is 5.88. The molecule has 0 unspecified atom stereocenters. The fraction of sp³-hybridized carbons (Fsp3) is 0.650. The third-order valence-electron chi connectivity index (χ3n) is 4.03. The Balaban J connectivity index is 2.06. The van der Waals surface area contributed by atoms with Crippen molar-refractivity contribution >= 4 is 5.97 Å². The molecule has 1 rings (SSSR count). The van der Waals surface area contributed by atoms with Gasteiger partial charge in [-0.05, 0) is 30.0 Å². The molecule has 0 amide bonds. The fourth-order valence-corrected chi connectivity index (χ4v) is 2.44. The van der Waals surface area contributed by atoms with Gasteiger partial charge in [-0.15, -0.1) is 0 Å². The van der Waals surface area contributed by atoms with Gasteiger partial charge in [0.1, 0.15) is 0 Å². The summed E-state index contributed by atoms with van der Waals surface area (Å²) in [6.07, 6.45) is 9.91. The summed E-state index contributed by atoms with van der Waals surface area (Å²) in [7, 11) is 0. The molecule has 1 aromatic carbocycles. The van der Waals surface area contributed by atoms with Crippen LogP contribution in [0.2, 0.25) is 0 Å². The van der Waals surface area contributed by atoms with E-state index >= 15 is 0 Å². The summed E-state index contributed by atoms with van der Waals surface area (Å²) in [6, 6.07) is 7.49. The van der Waals surface area contributed by atoms with Gasteiger partial charge in [0.25, 0.3) is 0 Å². The first kappa shape index (κ1) is 19.7. The van der Waals surface area contributed by atoms with Crippen LogP contribution < -0.4 is 0 Å². The molecule has 0 N–H and O–H groups in total. The molecule has 0 atom stereocenters. The Bertz CT molecular complexity index is 423. The molecule has 0 aliphatic rings. The Kier molecular flexibility index (Phi) is 10.4. The van der Waals surface area contributed by atoms with Gasteiger partial charge in [-0.3, -0.25) is 4.89 Å². The predicted octanol–water partition coefficient (Wildman–Crippen LogP) is 6.04. The number of hydrogen-bond donors (Lipinski definition) is 0. The lowest BCUT2D eigenvalue weighted by atomic mass is 10.0. The number of carbonyl (C=O) groups excluding carboxylic acids is 1. The lowest BCUT2D eigenvalue weighted by Crippen LogP contribution is -2.07. The quantitative estimate of drug-likeness (QED) is 0.267. The number of benzene rings is 1. The molecule has 0 radical (unpaired) electrons. The molecule has 0 heterocycles. The van der Waals surface area contributed by atoms with E-state index in [9.17, 15) is 4.79 Å². The molecule has 3 heteroatoms. The zero-order valence-corrected chi connectivity index (χ0v) is 15.0. The minimum absolute atomic E-state index is 0.417. The standard InChI is InChI=1S/C20H32O3/c1-4-5-6-7-8-9-10-11-16-22-23-20(21)19-14-12-18(13-15-19)17(2)3/h12-15,17H,4-11,16H2,1-3H3. The van der Waals surface area contributed by atoms with Gasteiger partial charge in [0.2, 0.25) is 0 Å². The topological polar surface area (TPSA) is 35.5 Å². The summed E-state index contributed by atoms with van der Waals surface area (Å²) in [5, 5.41) is 0. The maximum Gasteiger partial charge on any atom is 0.373 e. The largest absolute Gasteiger partial charge is 0.373 e. The van der Waals surface area contributed by atoms with Crippen molar-refractivity contribution in [3.63, 3.8) is 0 Å². The van der Waals surface area contributed by atoms with Gasteiger partial charge in [0.05, 0.1) is 12.2 Å². The lowest BCUT2D eigenvalue weighted by molar-refractivity contribution is -0.241. The second-order valence-electron chi connectivity index (χ2n) is 6.44. The summed E-state index contributed by atoms with van der Waals surface area (Å²) in [5.41, 5.74) is 1.74. The van der Waals surface area contributed by atoms with E-state index in [0.717, 1.165) is 12.8 Å². The van der Waals surface area contributed by atoms with Crippen molar-refractivity contribution in [2.24, 2.45) is 0 Å². The predicted molar refractivity (Wildman–Crippen MR) is 94.5 cm³/mol. The van der Waals surface area contributed by atoms with Crippen molar-refractivity contribution in [2.45, 2.75) is 78.1 Å². The van der Waals surface area contributed by atoms with Gasteiger partial charge in [0, 0.05) is 0 Å². The Labute approximate surface area is 141 Å². The molecule has 0 saturated heterocycles. The molecule has 3 nitrogen and oxygen atoms in total. The van der Waals surface area contributed by atoms with Crippen molar-refractivity contribution in [1.29, 1.82) is 0 Å². The SMILES string of the molecule is CCCCCCCCCCOOC(=O)c1ccc(C(C)C)cc1. The molecular weight excluding hydrogens is 288 g/mol. The highest BCUT2D eigenvalue weighted by atomic mass is 17.2. The first-order valence-corrected chi connectivity index (χ1v) is 9.09. The van der Waals surface area contributed by atoms with Crippen LogP contribution in [0.15, 0.2) is 24.3 Å². The zero-order valence-electron chi connectivity index (χ0n) is 15.0. The van der Waals surface area contributed by atoms with E-state index in [0.29, 0.717) is 18.1 Å². The van der Waals surface area contributed by atoms with E-state index in [4.69, 9.17) is 9.78 Å². The number of unbranched alkanes of at least 4 members (excludes halogenated alkanes) is 7. The van der Waals surface area contributed by atoms with E-state index in [-0.39, 0.29) is 0 Å². The summed E-state index contributed by atoms with van der Waals surface area (Å²) < 4.78 is 0. The van der Waals surface area contributed by atoms with E-state index in [1.54, 1.807) is 12.1 Å². The molecule has 0 aliphatic heterocycles. The third kappa shape index (κ3) is 8.75. The van der Waals surface area contributed by atoms with E-state index < -0.39 is 5.97 Å². The monoisotopic (exact) mass is 320 g/mol. The Morgan fingerprint density at radius 1 is 0.913 bits per heavy atom. The minimum atomic E-state index is -0.417. The molecule has 0 spiro atoms. The van der Waals surface area contributed by atoms with Crippen LogP contribution in [-0.4, -0.2) is 12.6 Å². The molecule has 1 aromatic rings. The maximum atomic E-state index is 11.8. The number of rotatable bonds is 12. The molecule has 0 aliphatic carbocycles. The average Bonchev–Trinajstić information content (AvgIpc) is 2.56. The minimum Gasteiger partial charge on any atom is -0.293 e. The molecule has 23 heavy (non-hydrogen) atoms. The van der Waals surface area contributed by atoms with Crippen molar-refractivity contribution in [3.05, 3.63) is 35.4 Å². The summed E-state index contributed by atoms with van der Waals surface area (Å²) in [6.45, 7) is 6.96. The summed E-state index contributed by atoms with van der Waals surface area (Å²) in [5.74, 6) is 0.0400. The first-order valence-electron chi connectivity index (χ1n) is 9.09. The van der Waals surface area contributed by atoms with Crippen LogP contribution in [0.5, 0.6) is 0 Å². The number of hydrogen-bond acceptors (Lipinski definition) is 3. The molecule has 0 aromatic heterocycles. The van der Waals surface area contributed by atoms with Gasteiger partial charge in [-0.25, -0.2) is 4.79 Å². The molecule has 0 fully saturated rings.